The number of unbranched alkanes of at least 4 members (excludes halogenated alkanes) is 1. The summed E-state index contributed by atoms with van der Waals surface area (Å²) in [6.45, 7) is 9.41. The van der Waals surface area contributed by atoms with Gasteiger partial charge in [0.1, 0.15) is 0 Å². The molecular formula is C13H28N2O2. The molecule has 1 heterocycles. The van der Waals surface area contributed by atoms with Gasteiger partial charge in [-0.2, -0.15) is 0 Å². The predicted octanol–water partition coefficient (Wildman–Crippen LogP) is 0.976. The second-order valence-corrected chi connectivity index (χ2v) is 5.79. The number of hydrogen-bond donors (Lipinski definition) is 2. The Morgan fingerprint density at radius 3 is 2.41 bits per heavy atom. The lowest BCUT2D eigenvalue weighted by Crippen LogP contribution is -2.45. The van der Waals surface area contributed by atoms with Crippen molar-refractivity contribution in [1.82, 2.24) is 4.90 Å². The third kappa shape index (κ3) is 5.82. The van der Waals surface area contributed by atoms with Crippen molar-refractivity contribution in [2.45, 2.75) is 57.8 Å². The van der Waals surface area contributed by atoms with Crippen LogP contribution in [-0.2, 0) is 4.74 Å². The summed E-state index contributed by atoms with van der Waals surface area (Å²) in [6, 6.07) is 0. The molecule has 102 valence electrons. The molecule has 1 aliphatic heterocycles. The van der Waals surface area contributed by atoms with Crippen LogP contribution in [0.5, 0.6) is 0 Å². The van der Waals surface area contributed by atoms with Gasteiger partial charge in [0.25, 0.3) is 0 Å². The maximum atomic E-state index is 9.06. The van der Waals surface area contributed by atoms with Gasteiger partial charge in [0.05, 0.1) is 18.8 Å². The van der Waals surface area contributed by atoms with Gasteiger partial charge in [-0.1, -0.05) is 6.42 Å². The molecule has 0 aromatic heterocycles. The Hall–Kier alpha value is -0.160. The summed E-state index contributed by atoms with van der Waals surface area (Å²) < 4.78 is 5.70. The average molecular weight is 244 g/mol. The number of rotatable bonds is 6. The van der Waals surface area contributed by atoms with E-state index in [0.717, 1.165) is 38.9 Å². The molecule has 0 radical (unpaired) electrons. The molecular weight excluding hydrogens is 216 g/mol. The van der Waals surface area contributed by atoms with Crippen molar-refractivity contribution < 1.29 is 9.84 Å². The molecule has 0 aliphatic carbocycles. The molecule has 1 fully saturated rings. The first-order chi connectivity index (χ1) is 7.93. The van der Waals surface area contributed by atoms with Gasteiger partial charge in [0.2, 0.25) is 0 Å². The maximum Gasteiger partial charge on any atom is 0.0678 e. The number of aliphatic hydroxyl groups excluding tert-OH is 1. The predicted molar refractivity (Wildman–Crippen MR) is 70.0 cm³/mol. The second-order valence-electron chi connectivity index (χ2n) is 5.79. The Bertz CT molecular complexity index is 211. The van der Waals surface area contributed by atoms with E-state index in [-0.39, 0.29) is 6.61 Å². The molecule has 4 nitrogen and oxygen atoms in total. The number of ether oxygens (including phenoxy) is 1. The summed E-state index contributed by atoms with van der Waals surface area (Å²) in [5, 5.41) is 9.06. The number of nitrogens with two attached hydrogens (primary N) is 1. The van der Waals surface area contributed by atoms with Crippen molar-refractivity contribution >= 4 is 0 Å². The van der Waals surface area contributed by atoms with E-state index in [2.05, 4.69) is 18.7 Å². The Morgan fingerprint density at radius 1 is 1.29 bits per heavy atom. The van der Waals surface area contributed by atoms with E-state index < -0.39 is 5.54 Å². The van der Waals surface area contributed by atoms with Crippen LogP contribution < -0.4 is 5.73 Å². The van der Waals surface area contributed by atoms with Crippen LogP contribution in [0.2, 0.25) is 0 Å². The van der Waals surface area contributed by atoms with Gasteiger partial charge < -0.3 is 15.6 Å². The fourth-order valence-electron chi connectivity index (χ4n) is 2.41. The van der Waals surface area contributed by atoms with Crippen LogP contribution in [-0.4, -0.2) is 54.0 Å². The van der Waals surface area contributed by atoms with E-state index >= 15 is 0 Å². The largest absolute Gasteiger partial charge is 0.394 e. The summed E-state index contributed by atoms with van der Waals surface area (Å²) in [5.74, 6) is 0. The van der Waals surface area contributed by atoms with Crippen LogP contribution in [0.25, 0.3) is 0 Å². The normalized spacial score (nSPS) is 30.2. The second kappa shape index (κ2) is 6.69. The molecule has 3 N–H and O–H groups in total. The minimum atomic E-state index is -0.411. The Labute approximate surface area is 105 Å². The minimum absolute atomic E-state index is 0.0681. The number of aliphatic hydroxyl groups is 1. The SMILES string of the molecule is C[C@@H]1CN(CCCCC(C)(N)CO)C[C@H](C)O1. The number of morpholine rings is 1. The third-order valence-corrected chi connectivity index (χ3v) is 3.33. The van der Waals surface area contributed by atoms with Crippen molar-refractivity contribution in [3.8, 4) is 0 Å². The summed E-state index contributed by atoms with van der Waals surface area (Å²) in [5.41, 5.74) is 5.48. The molecule has 1 saturated heterocycles. The molecule has 0 amide bonds. The first-order valence-corrected chi connectivity index (χ1v) is 6.70. The highest BCUT2D eigenvalue weighted by molar-refractivity contribution is 4.78. The summed E-state index contributed by atoms with van der Waals surface area (Å²) in [4.78, 5) is 2.46. The highest BCUT2D eigenvalue weighted by atomic mass is 16.5. The summed E-state index contributed by atoms with van der Waals surface area (Å²) in [6.07, 6.45) is 3.80. The van der Waals surface area contributed by atoms with Crippen molar-refractivity contribution in [3.63, 3.8) is 0 Å². The van der Waals surface area contributed by atoms with E-state index in [1.807, 2.05) is 6.92 Å². The van der Waals surface area contributed by atoms with Crippen molar-refractivity contribution in [3.05, 3.63) is 0 Å². The topological polar surface area (TPSA) is 58.7 Å². The average Bonchev–Trinajstić information content (AvgIpc) is 2.23. The molecule has 3 atom stereocenters. The zero-order valence-corrected chi connectivity index (χ0v) is 11.5. The summed E-state index contributed by atoms with van der Waals surface area (Å²) >= 11 is 0. The molecule has 1 aliphatic rings. The van der Waals surface area contributed by atoms with E-state index in [1.54, 1.807) is 0 Å². The highest BCUT2D eigenvalue weighted by Crippen LogP contribution is 2.14. The fourth-order valence-corrected chi connectivity index (χ4v) is 2.41. The molecule has 0 bridgehead atoms. The first-order valence-electron chi connectivity index (χ1n) is 6.70. The molecule has 4 heteroatoms. The Morgan fingerprint density at radius 2 is 1.88 bits per heavy atom. The van der Waals surface area contributed by atoms with Gasteiger partial charge in [-0.05, 0) is 40.2 Å². The minimum Gasteiger partial charge on any atom is -0.394 e. The van der Waals surface area contributed by atoms with Crippen LogP contribution in [0.4, 0.5) is 0 Å². The molecule has 1 unspecified atom stereocenters. The smallest absolute Gasteiger partial charge is 0.0678 e. The lowest BCUT2D eigenvalue weighted by molar-refractivity contribution is -0.0682. The number of nitrogens with zero attached hydrogens (tertiary/aromatic N) is 1. The molecule has 0 saturated carbocycles. The van der Waals surface area contributed by atoms with E-state index in [0.29, 0.717) is 12.2 Å². The monoisotopic (exact) mass is 244 g/mol. The van der Waals surface area contributed by atoms with Crippen LogP contribution in [0.3, 0.4) is 0 Å². The van der Waals surface area contributed by atoms with E-state index in [4.69, 9.17) is 15.6 Å². The lowest BCUT2D eigenvalue weighted by Gasteiger charge is -2.35. The zero-order chi connectivity index (χ0) is 12.9. The molecule has 0 spiro atoms. The quantitative estimate of drug-likeness (QED) is 0.684. The zero-order valence-electron chi connectivity index (χ0n) is 11.5. The summed E-state index contributed by atoms with van der Waals surface area (Å²) in [7, 11) is 0. The van der Waals surface area contributed by atoms with Crippen molar-refractivity contribution in [2.75, 3.05) is 26.2 Å². The van der Waals surface area contributed by atoms with Crippen molar-refractivity contribution in [2.24, 2.45) is 5.73 Å². The van der Waals surface area contributed by atoms with Crippen LogP contribution in [0.1, 0.15) is 40.0 Å². The molecule has 17 heavy (non-hydrogen) atoms. The van der Waals surface area contributed by atoms with Gasteiger partial charge >= 0.3 is 0 Å². The standard InChI is InChI=1S/C13H28N2O2/c1-11-8-15(9-12(2)17-11)7-5-4-6-13(3,14)10-16/h11-12,16H,4-10,14H2,1-3H3/t11-,12+,13?. The van der Waals surface area contributed by atoms with Gasteiger partial charge in [0.15, 0.2) is 0 Å². The Kier molecular flexibility index (Phi) is 5.86. The molecule has 1 rings (SSSR count). The molecule has 0 aromatic carbocycles. The lowest BCUT2D eigenvalue weighted by atomic mass is 9.97. The van der Waals surface area contributed by atoms with Crippen molar-refractivity contribution in [1.29, 1.82) is 0 Å². The first kappa shape index (κ1) is 14.9. The van der Waals surface area contributed by atoms with Gasteiger partial charge in [0, 0.05) is 18.6 Å². The van der Waals surface area contributed by atoms with Crippen LogP contribution in [0, 0.1) is 0 Å². The Balaban J connectivity index is 2.14. The van der Waals surface area contributed by atoms with Gasteiger partial charge in [-0.25, -0.2) is 0 Å². The van der Waals surface area contributed by atoms with Crippen LogP contribution >= 0.6 is 0 Å². The third-order valence-electron chi connectivity index (χ3n) is 3.33. The van der Waals surface area contributed by atoms with Crippen LogP contribution in [0.15, 0.2) is 0 Å². The van der Waals surface area contributed by atoms with Gasteiger partial charge in [-0.15, -0.1) is 0 Å². The number of hydrogen-bond acceptors (Lipinski definition) is 4. The van der Waals surface area contributed by atoms with E-state index in [1.165, 1.54) is 0 Å². The highest BCUT2D eigenvalue weighted by Gasteiger charge is 2.22. The fraction of sp³-hybridized carbons (Fsp3) is 1.00. The maximum absolute atomic E-state index is 9.06. The molecule has 0 aromatic rings. The van der Waals surface area contributed by atoms with Gasteiger partial charge in [-0.3, -0.25) is 4.90 Å². The van der Waals surface area contributed by atoms with E-state index in [9.17, 15) is 0 Å².